The Morgan fingerprint density at radius 2 is 1.81 bits per heavy atom. The molecule has 2 unspecified atom stereocenters. The van der Waals surface area contributed by atoms with Crippen molar-refractivity contribution in [2.45, 2.75) is 64.1 Å². The molecule has 0 aromatic heterocycles. The van der Waals surface area contributed by atoms with Gasteiger partial charge >= 0.3 is 0 Å². The molecule has 2 atom stereocenters. The first kappa shape index (κ1) is 14.0. The van der Waals surface area contributed by atoms with Crippen molar-refractivity contribution in [2.75, 3.05) is 0 Å². The fourth-order valence-electron chi connectivity index (χ4n) is 2.19. The first-order valence-electron chi connectivity index (χ1n) is 6.27. The Kier molecular flexibility index (Phi) is 4.47. The number of rotatable bonds is 6. The van der Waals surface area contributed by atoms with Gasteiger partial charge in [-0.1, -0.05) is 27.7 Å². The van der Waals surface area contributed by atoms with Crippen molar-refractivity contribution >= 4 is 17.5 Å². The summed E-state index contributed by atoms with van der Waals surface area (Å²) in [5, 5.41) is 3.83. The Labute approximate surface area is 104 Å². The van der Waals surface area contributed by atoms with E-state index in [0.717, 1.165) is 6.42 Å². The number of Topliss-reactive ketones (excluding diaryl/α,β-unsaturated/α-hetero) is 1. The van der Waals surface area contributed by atoms with Crippen molar-refractivity contribution in [1.82, 2.24) is 5.32 Å². The smallest absolute Gasteiger partial charge is 0.153 e. The molecule has 1 N–H and O–H groups in total. The van der Waals surface area contributed by atoms with Crippen LogP contribution in [0.15, 0.2) is 0 Å². The van der Waals surface area contributed by atoms with Gasteiger partial charge < -0.3 is 5.32 Å². The maximum absolute atomic E-state index is 12.3. The average Bonchev–Trinajstić information content (AvgIpc) is 2.75. The molecule has 1 rings (SSSR count). The third kappa shape index (κ3) is 3.01. The standard InChI is InChI=1S/C13H25NOS/c1-8(2)7-13(11(15)9(3)4)12(16-13)14-10(5)6/h8-10,12,14H,7H2,1-6H3. The van der Waals surface area contributed by atoms with Gasteiger partial charge in [-0.15, -0.1) is 11.8 Å². The van der Waals surface area contributed by atoms with Crippen LogP contribution in [0.5, 0.6) is 0 Å². The summed E-state index contributed by atoms with van der Waals surface area (Å²) < 4.78 is -0.132. The molecule has 0 amide bonds. The average molecular weight is 243 g/mol. The quantitative estimate of drug-likeness (QED) is 0.727. The summed E-state index contributed by atoms with van der Waals surface area (Å²) in [5.74, 6) is 1.14. The van der Waals surface area contributed by atoms with Crippen LogP contribution in [0.3, 0.4) is 0 Å². The van der Waals surface area contributed by atoms with Crippen LogP contribution in [0.25, 0.3) is 0 Å². The van der Waals surface area contributed by atoms with Gasteiger partial charge in [0.2, 0.25) is 0 Å². The molecule has 16 heavy (non-hydrogen) atoms. The minimum absolute atomic E-state index is 0.132. The molecule has 94 valence electrons. The molecule has 2 nitrogen and oxygen atoms in total. The van der Waals surface area contributed by atoms with E-state index in [1.807, 2.05) is 25.6 Å². The summed E-state index contributed by atoms with van der Waals surface area (Å²) in [6.45, 7) is 12.7. The maximum atomic E-state index is 12.3. The summed E-state index contributed by atoms with van der Waals surface area (Å²) in [6, 6.07) is 0.450. The highest BCUT2D eigenvalue weighted by Crippen LogP contribution is 2.57. The third-order valence-electron chi connectivity index (χ3n) is 2.83. The molecule has 0 spiro atoms. The molecule has 1 saturated heterocycles. The number of nitrogens with one attached hydrogen (secondary N) is 1. The topological polar surface area (TPSA) is 29.1 Å². The van der Waals surface area contributed by atoms with E-state index in [4.69, 9.17) is 0 Å². The number of hydrogen-bond donors (Lipinski definition) is 1. The van der Waals surface area contributed by atoms with Gasteiger partial charge in [0, 0.05) is 12.0 Å². The number of carbonyl (C=O) groups is 1. The molecule has 3 heteroatoms. The molecule has 0 radical (unpaired) electrons. The monoisotopic (exact) mass is 243 g/mol. The lowest BCUT2D eigenvalue weighted by Crippen LogP contribution is -2.39. The maximum Gasteiger partial charge on any atom is 0.153 e. The van der Waals surface area contributed by atoms with Gasteiger partial charge in [0.25, 0.3) is 0 Å². The number of ketones is 1. The lowest BCUT2D eigenvalue weighted by Gasteiger charge is -2.19. The third-order valence-corrected chi connectivity index (χ3v) is 4.38. The van der Waals surface area contributed by atoms with E-state index in [2.05, 4.69) is 33.0 Å². The summed E-state index contributed by atoms with van der Waals surface area (Å²) in [5.41, 5.74) is 0. The van der Waals surface area contributed by atoms with Crippen molar-refractivity contribution in [3.05, 3.63) is 0 Å². The molecule has 1 fully saturated rings. The first-order valence-corrected chi connectivity index (χ1v) is 7.15. The second kappa shape index (κ2) is 5.09. The van der Waals surface area contributed by atoms with E-state index in [0.29, 0.717) is 23.1 Å². The minimum atomic E-state index is -0.132. The van der Waals surface area contributed by atoms with E-state index in [-0.39, 0.29) is 10.7 Å². The minimum Gasteiger partial charge on any atom is -0.302 e. The highest BCUT2D eigenvalue weighted by Gasteiger charge is 2.61. The van der Waals surface area contributed by atoms with Crippen LogP contribution < -0.4 is 5.32 Å². The largest absolute Gasteiger partial charge is 0.302 e. The zero-order valence-corrected chi connectivity index (χ0v) is 12.1. The fourth-order valence-corrected chi connectivity index (χ4v) is 3.94. The molecular weight excluding hydrogens is 218 g/mol. The molecule has 0 aromatic rings. The lowest BCUT2D eigenvalue weighted by molar-refractivity contribution is -0.123. The molecule has 0 aromatic carbocycles. The van der Waals surface area contributed by atoms with Crippen LogP contribution in [0.1, 0.15) is 48.0 Å². The molecule has 0 bridgehead atoms. The highest BCUT2D eigenvalue weighted by molar-refractivity contribution is 8.09. The zero-order valence-electron chi connectivity index (χ0n) is 11.3. The van der Waals surface area contributed by atoms with Crippen molar-refractivity contribution in [2.24, 2.45) is 11.8 Å². The number of carbonyl (C=O) groups excluding carboxylic acids is 1. The summed E-state index contributed by atoms with van der Waals surface area (Å²) in [6.07, 6.45) is 0.999. The van der Waals surface area contributed by atoms with Gasteiger partial charge in [-0.25, -0.2) is 0 Å². The van der Waals surface area contributed by atoms with E-state index in [9.17, 15) is 4.79 Å². The van der Waals surface area contributed by atoms with Crippen molar-refractivity contribution < 1.29 is 4.79 Å². The lowest BCUT2D eigenvalue weighted by atomic mass is 9.87. The van der Waals surface area contributed by atoms with Crippen molar-refractivity contribution in [3.63, 3.8) is 0 Å². The van der Waals surface area contributed by atoms with Gasteiger partial charge in [0.05, 0.1) is 5.37 Å². The van der Waals surface area contributed by atoms with Crippen LogP contribution in [0.2, 0.25) is 0 Å². The van der Waals surface area contributed by atoms with Crippen molar-refractivity contribution in [3.8, 4) is 0 Å². The number of hydrogen-bond acceptors (Lipinski definition) is 3. The molecule has 0 aliphatic carbocycles. The first-order chi connectivity index (χ1) is 7.29. The Bertz CT molecular complexity index is 263. The van der Waals surface area contributed by atoms with Gasteiger partial charge in [0.15, 0.2) is 5.78 Å². The Morgan fingerprint density at radius 3 is 2.19 bits per heavy atom. The van der Waals surface area contributed by atoms with Gasteiger partial charge in [-0.05, 0) is 26.2 Å². The molecule has 1 aliphatic rings. The van der Waals surface area contributed by atoms with Crippen LogP contribution in [0.4, 0.5) is 0 Å². The van der Waals surface area contributed by atoms with E-state index in [1.54, 1.807) is 0 Å². The normalized spacial score (nSPS) is 29.2. The second-order valence-electron chi connectivity index (χ2n) is 5.83. The van der Waals surface area contributed by atoms with Crippen LogP contribution in [-0.4, -0.2) is 21.9 Å². The Balaban J connectivity index is 2.71. The van der Waals surface area contributed by atoms with Crippen LogP contribution in [0, 0.1) is 11.8 Å². The Hall–Kier alpha value is -0.0200. The summed E-state index contributed by atoms with van der Waals surface area (Å²) in [7, 11) is 0. The molecular formula is C13H25NOS. The summed E-state index contributed by atoms with van der Waals surface area (Å²) >= 11 is 1.82. The van der Waals surface area contributed by atoms with E-state index < -0.39 is 0 Å². The predicted octanol–water partition coefficient (Wildman–Crippen LogP) is 3.07. The van der Waals surface area contributed by atoms with Crippen LogP contribution in [-0.2, 0) is 4.79 Å². The molecule has 1 aliphatic heterocycles. The SMILES string of the molecule is CC(C)CC1(C(=O)C(C)C)SC1NC(C)C. The van der Waals surface area contributed by atoms with Gasteiger partial charge in [0.1, 0.15) is 4.75 Å². The zero-order chi connectivity index (χ0) is 12.5. The van der Waals surface area contributed by atoms with Crippen LogP contribution >= 0.6 is 11.8 Å². The van der Waals surface area contributed by atoms with Gasteiger partial charge in [-0.2, -0.15) is 0 Å². The van der Waals surface area contributed by atoms with E-state index in [1.165, 1.54) is 0 Å². The Morgan fingerprint density at radius 1 is 1.25 bits per heavy atom. The predicted molar refractivity (Wildman–Crippen MR) is 71.7 cm³/mol. The van der Waals surface area contributed by atoms with E-state index >= 15 is 0 Å². The fraction of sp³-hybridized carbons (Fsp3) is 0.923. The second-order valence-corrected chi connectivity index (χ2v) is 7.26. The van der Waals surface area contributed by atoms with Crippen molar-refractivity contribution in [1.29, 1.82) is 0 Å². The summed E-state index contributed by atoms with van der Waals surface area (Å²) in [4.78, 5) is 12.3. The molecule has 1 heterocycles. The van der Waals surface area contributed by atoms with Gasteiger partial charge in [-0.3, -0.25) is 4.79 Å². The molecule has 0 saturated carbocycles. The number of thioether (sulfide) groups is 1. The highest BCUT2D eigenvalue weighted by atomic mass is 32.2.